The summed E-state index contributed by atoms with van der Waals surface area (Å²) < 4.78 is 54.7. The molecule has 1 aromatic carbocycles. The zero-order valence-corrected chi connectivity index (χ0v) is 13.9. The molecule has 0 aliphatic heterocycles. The maximum absolute atomic E-state index is 13.6. The normalized spacial score (nSPS) is 11.4. The van der Waals surface area contributed by atoms with Gasteiger partial charge < -0.3 is 5.32 Å². The fourth-order valence-corrected chi connectivity index (χ4v) is 2.55. The van der Waals surface area contributed by atoms with E-state index in [-0.39, 0.29) is 18.8 Å². The van der Waals surface area contributed by atoms with E-state index in [0.29, 0.717) is 10.2 Å². The largest absolute Gasteiger partial charge is 0.434 e. The number of hydrogen-bond acceptors (Lipinski definition) is 3. The van der Waals surface area contributed by atoms with E-state index in [2.05, 4.69) is 15.4 Å². The molecule has 0 spiro atoms. The van der Waals surface area contributed by atoms with Crippen LogP contribution in [0, 0.1) is 5.82 Å². The fourth-order valence-electron chi connectivity index (χ4n) is 2.55. The second-order valence-corrected chi connectivity index (χ2v) is 5.60. The van der Waals surface area contributed by atoms with Gasteiger partial charge in [0, 0.05) is 12.7 Å². The van der Waals surface area contributed by atoms with E-state index >= 15 is 0 Å². The van der Waals surface area contributed by atoms with Crippen LogP contribution in [0.4, 0.5) is 17.6 Å². The van der Waals surface area contributed by atoms with Gasteiger partial charge in [-0.15, -0.1) is 0 Å². The lowest BCUT2D eigenvalue weighted by Gasteiger charge is -2.12. The number of aromatic nitrogens is 3. The summed E-state index contributed by atoms with van der Waals surface area (Å²) in [4.78, 5) is 16.1. The molecule has 2 aromatic heterocycles. The summed E-state index contributed by atoms with van der Waals surface area (Å²) in [5, 5.41) is 6.04. The number of benzene rings is 1. The molecule has 0 fully saturated rings. The standard InChI is InChI=1S/C18H14F4N4O/c19-14-6-2-1-5-12(14)8-10-24-17(27)13-11-25-26(16(13)18(20,21)22)15-7-3-4-9-23-15/h1-7,9,11H,8,10H2,(H,24,27). The van der Waals surface area contributed by atoms with Crippen molar-refractivity contribution in [3.63, 3.8) is 0 Å². The molecule has 0 saturated carbocycles. The Morgan fingerprint density at radius 2 is 1.85 bits per heavy atom. The molecule has 3 aromatic rings. The van der Waals surface area contributed by atoms with E-state index in [0.717, 1.165) is 6.20 Å². The van der Waals surface area contributed by atoms with Gasteiger partial charge in [-0.25, -0.2) is 14.1 Å². The van der Waals surface area contributed by atoms with Crippen LogP contribution < -0.4 is 5.32 Å². The number of halogens is 4. The van der Waals surface area contributed by atoms with Gasteiger partial charge in [0.25, 0.3) is 5.91 Å². The molecule has 0 aliphatic rings. The first-order chi connectivity index (χ1) is 12.9. The highest BCUT2D eigenvalue weighted by Gasteiger charge is 2.40. The van der Waals surface area contributed by atoms with Crippen LogP contribution in [0.1, 0.15) is 21.6 Å². The van der Waals surface area contributed by atoms with E-state index in [1.54, 1.807) is 18.2 Å². The second kappa shape index (κ2) is 7.56. The summed E-state index contributed by atoms with van der Waals surface area (Å²) in [6.45, 7) is -0.0220. The monoisotopic (exact) mass is 378 g/mol. The molecule has 1 amide bonds. The van der Waals surface area contributed by atoms with E-state index < -0.39 is 29.2 Å². The Labute approximate surface area is 151 Å². The first-order valence-corrected chi connectivity index (χ1v) is 7.96. The molecule has 9 heteroatoms. The highest BCUT2D eigenvalue weighted by atomic mass is 19.4. The molecule has 0 radical (unpaired) electrons. The molecule has 0 saturated heterocycles. The number of nitrogens with zero attached hydrogens (tertiary/aromatic N) is 3. The number of carbonyl (C=O) groups excluding carboxylic acids is 1. The Morgan fingerprint density at radius 3 is 2.52 bits per heavy atom. The summed E-state index contributed by atoms with van der Waals surface area (Å²) in [6, 6.07) is 10.4. The van der Waals surface area contributed by atoms with E-state index in [1.165, 1.54) is 30.5 Å². The zero-order chi connectivity index (χ0) is 19.4. The van der Waals surface area contributed by atoms with Crippen LogP contribution in [0.3, 0.4) is 0 Å². The fraction of sp³-hybridized carbons (Fsp3) is 0.167. The molecule has 1 N–H and O–H groups in total. The van der Waals surface area contributed by atoms with Crippen LogP contribution in [0.5, 0.6) is 0 Å². The van der Waals surface area contributed by atoms with E-state index in [4.69, 9.17) is 0 Å². The molecule has 2 heterocycles. The molecular formula is C18H14F4N4O. The van der Waals surface area contributed by atoms with Crippen molar-refractivity contribution in [3.05, 3.63) is 77.5 Å². The minimum Gasteiger partial charge on any atom is -0.352 e. The predicted octanol–water partition coefficient (Wildman–Crippen LogP) is 3.40. The minimum absolute atomic E-state index is 0.0220. The van der Waals surface area contributed by atoms with Crippen LogP contribution >= 0.6 is 0 Å². The Kier molecular flexibility index (Phi) is 5.20. The topological polar surface area (TPSA) is 59.8 Å². The molecule has 27 heavy (non-hydrogen) atoms. The molecule has 0 aliphatic carbocycles. The molecular weight excluding hydrogens is 364 g/mol. The number of rotatable bonds is 5. The van der Waals surface area contributed by atoms with Gasteiger partial charge in [-0.3, -0.25) is 4.79 Å². The number of hydrogen-bond donors (Lipinski definition) is 1. The van der Waals surface area contributed by atoms with Crippen molar-refractivity contribution >= 4 is 5.91 Å². The van der Waals surface area contributed by atoms with Crippen molar-refractivity contribution in [2.24, 2.45) is 0 Å². The molecule has 0 unspecified atom stereocenters. The number of nitrogens with one attached hydrogen (secondary N) is 1. The van der Waals surface area contributed by atoms with Crippen molar-refractivity contribution in [2.75, 3.05) is 6.54 Å². The third-order valence-electron chi connectivity index (χ3n) is 3.79. The Balaban J connectivity index is 1.81. The number of pyridine rings is 1. The van der Waals surface area contributed by atoms with E-state index in [9.17, 15) is 22.4 Å². The predicted molar refractivity (Wildman–Crippen MR) is 88.8 cm³/mol. The Hall–Kier alpha value is -3.23. The summed E-state index contributed by atoms with van der Waals surface area (Å²) in [5.74, 6) is -1.44. The van der Waals surface area contributed by atoms with Crippen molar-refractivity contribution in [1.82, 2.24) is 20.1 Å². The second-order valence-electron chi connectivity index (χ2n) is 5.60. The lowest BCUT2D eigenvalue weighted by Crippen LogP contribution is -2.28. The van der Waals surface area contributed by atoms with Gasteiger partial charge in [-0.1, -0.05) is 24.3 Å². The van der Waals surface area contributed by atoms with Crippen LogP contribution in [0.25, 0.3) is 5.82 Å². The van der Waals surface area contributed by atoms with Gasteiger partial charge >= 0.3 is 6.18 Å². The quantitative estimate of drug-likeness (QED) is 0.693. The minimum atomic E-state index is -4.81. The maximum atomic E-state index is 13.6. The Morgan fingerprint density at radius 1 is 1.11 bits per heavy atom. The lowest BCUT2D eigenvalue weighted by molar-refractivity contribution is -0.143. The third-order valence-corrected chi connectivity index (χ3v) is 3.79. The number of amides is 1. The highest BCUT2D eigenvalue weighted by Crippen LogP contribution is 2.33. The van der Waals surface area contributed by atoms with Crippen LogP contribution in [-0.4, -0.2) is 27.2 Å². The van der Waals surface area contributed by atoms with Crippen molar-refractivity contribution < 1.29 is 22.4 Å². The summed E-state index contributed by atoms with van der Waals surface area (Å²) in [5.41, 5.74) is -1.48. The van der Waals surface area contributed by atoms with Crippen LogP contribution in [0.2, 0.25) is 0 Å². The summed E-state index contributed by atoms with van der Waals surface area (Å²) in [7, 11) is 0. The van der Waals surface area contributed by atoms with Crippen molar-refractivity contribution in [1.29, 1.82) is 0 Å². The van der Waals surface area contributed by atoms with Gasteiger partial charge in [0.1, 0.15) is 5.82 Å². The number of carbonyl (C=O) groups is 1. The van der Waals surface area contributed by atoms with Gasteiger partial charge in [-0.05, 0) is 30.2 Å². The van der Waals surface area contributed by atoms with Crippen molar-refractivity contribution in [2.45, 2.75) is 12.6 Å². The molecule has 0 bridgehead atoms. The smallest absolute Gasteiger partial charge is 0.352 e. The SMILES string of the molecule is O=C(NCCc1ccccc1F)c1cnn(-c2ccccn2)c1C(F)(F)F. The van der Waals surface area contributed by atoms with Gasteiger partial charge in [0.05, 0.1) is 11.8 Å². The zero-order valence-electron chi connectivity index (χ0n) is 13.9. The summed E-state index contributed by atoms with van der Waals surface area (Å²) >= 11 is 0. The van der Waals surface area contributed by atoms with Crippen LogP contribution in [-0.2, 0) is 12.6 Å². The van der Waals surface area contributed by atoms with Crippen molar-refractivity contribution in [3.8, 4) is 5.82 Å². The molecule has 140 valence electrons. The van der Waals surface area contributed by atoms with Gasteiger partial charge in [0.15, 0.2) is 11.5 Å². The average Bonchev–Trinajstić information content (AvgIpc) is 3.10. The maximum Gasteiger partial charge on any atom is 0.434 e. The lowest BCUT2D eigenvalue weighted by atomic mass is 10.1. The first-order valence-electron chi connectivity index (χ1n) is 7.96. The average molecular weight is 378 g/mol. The first kappa shape index (κ1) is 18.6. The molecule has 0 atom stereocenters. The Bertz CT molecular complexity index is 938. The highest BCUT2D eigenvalue weighted by molar-refractivity contribution is 5.95. The molecule has 5 nitrogen and oxygen atoms in total. The van der Waals surface area contributed by atoms with E-state index in [1.807, 2.05) is 0 Å². The van der Waals surface area contributed by atoms with Gasteiger partial charge in [0.2, 0.25) is 0 Å². The van der Waals surface area contributed by atoms with Gasteiger partial charge in [-0.2, -0.15) is 18.3 Å². The van der Waals surface area contributed by atoms with Crippen LogP contribution in [0.15, 0.2) is 54.9 Å². The molecule has 3 rings (SSSR count). The third kappa shape index (κ3) is 4.13. The number of alkyl halides is 3. The summed E-state index contributed by atoms with van der Waals surface area (Å²) in [6.07, 6.45) is -2.50.